The number of amides is 1. The number of nitrogens with zero attached hydrogens (tertiary/aromatic N) is 2. The molecule has 1 aromatic heterocycles. The minimum absolute atomic E-state index is 0.0137. The molecule has 0 aliphatic carbocycles. The molecule has 1 aliphatic rings. The number of aliphatic hydroxyl groups excluding tert-OH is 1. The van der Waals surface area contributed by atoms with Crippen molar-refractivity contribution in [3.63, 3.8) is 0 Å². The van der Waals surface area contributed by atoms with Gasteiger partial charge in [0.25, 0.3) is 5.91 Å². The van der Waals surface area contributed by atoms with Crippen molar-refractivity contribution in [2.75, 3.05) is 26.8 Å². The molecule has 1 N–H and O–H groups in total. The summed E-state index contributed by atoms with van der Waals surface area (Å²) in [6.07, 6.45) is 5.56. The van der Waals surface area contributed by atoms with Crippen molar-refractivity contribution in [1.29, 1.82) is 0 Å². The molecule has 0 unspecified atom stereocenters. The van der Waals surface area contributed by atoms with Gasteiger partial charge < -0.3 is 14.7 Å². The van der Waals surface area contributed by atoms with Crippen LogP contribution in [0.1, 0.15) is 35.2 Å². The quantitative estimate of drug-likeness (QED) is 0.845. The van der Waals surface area contributed by atoms with Crippen LogP contribution in [0.15, 0.2) is 18.5 Å². The Morgan fingerprint density at radius 1 is 1.52 bits per heavy atom. The lowest BCUT2D eigenvalue weighted by molar-refractivity contribution is 0.0350. The monoisotopic (exact) mass is 288 g/mol. The molecule has 1 amide bonds. The van der Waals surface area contributed by atoms with Gasteiger partial charge >= 0.3 is 0 Å². The Balaban J connectivity index is 2.11. The normalized spacial score (nSPS) is 15.4. The lowest BCUT2D eigenvalue weighted by Gasteiger charge is -2.31. The van der Waals surface area contributed by atoms with Crippen LogP contribution in [-0.2, 0) is 4.74 Å². The molecule has 0 spiro atoms. The zero-order chi connectivity index (χ0) is 15.1. The Bertz CT molecular complexity index is 540. The number of piperidine rings is 1. The molecule has 0 bridgehead atoms. The van der Waals surface area contributed by atoms with E-state index in [0.717, 1.165) is 12.8 Å². The summed E-state index contributed by atoms with van der Waals surface area (Å²) in [7, 11) is 1.71. The molecular weight excluding hydrogens is 268 g/mol. The van der Waals surface area contributed by atoms with Gasteiger partial charge in [-0.05, 0) is 18.9 Å². The second-order valence-corrected chi connectivity index (χ2v) is 4.92. The third kappa shape index (κ3) is 4.03. The van der Waals surface area contributed by atoms with Crippen LogP contribution in [0.25, 0.3) is 0 Å². The van der Waals surface area contributed by atoms with Gasteiger partial charge in [0.15, 0.2) is 0 Å². The van der Waals surface area contributed by atoms with Crippen molar-refractivity contribution in [1.82, 2.24) is 9.88 Å². The van der Waals surface area contributed by atoms with Gasteiger partial charge in [0.1, 0.15) is 0 Å². The minimum Gasteiger partial charge on any atom is -0.395 e. The maximum atomic E-state index is 12.6. The fourth-order valence-corrected chi connectivity index (χ4v) is 2.36. The number of likely N-dealkylation sites (tertiary alicyclic amines) is 1. The van der Waals surface area contributed by atoms with E-state index in [9.17, 15) is 4.79 Å². The molecule has 0 aromatic carbocycles. The smallest absolute Gasteiger partial charge is 0.255 e. The lowest BCUT2D eigenvalue weighted by Crippen LogP contribution is -2.40. The molecule has 5 nitrogen and oxygen atoms in total. The summed E-state index contributed by atoms with van der Waals surface area (Å²) in [5, 5.41) is 8.77. The van der Waals surface area contributed by atoms with Gasteiger partial charge in [-0.25, -0.2) is 0 Å². The fraction of sp³-hybridized carbons (Fsp3) is 0.500. The van der Waals surface area contributed by atoms with Crippen LogP contribution in [0.4, 0.5) is 0 Å². The number of pyridine rings is 1. The maximum Gasteiger partial charge on any atom is 0.255 e. The number of ether oxygens (including phenoxy) is 1. The van der Waals surface area contributed by atoms with Crippen molar-refractivity contribution in [2.24, 2.45) is 0 Å². The zero-order valence-electron chi connectivity index (χ0n) is 12.2. The van der Waals surface area contributed by atoms with E-state index < -0.39 is 0 Å². The Hall–Kier alpha value is -1.90. The summed E-state index contributed by atoms with van der Waals surface area (Å²) in [6, 6.07) is 1.70. The van der Waals surface area contributed by atoms with E-state index in [1.165, 1.54) is 0 Å². The first-order valence-corrected chi connectivity index (χ1v) is 7.12. The third-order valence-electron chi connectivity index (χ3n) is 3.57. The van der Waals surface area contributed by atoms with Crippen LogP contribution >= 0.6 is 0 Å². The molecule has 1 saturated heterocycles. The average Bonchev–Trinajstić information content (AvgIpc) is 2.55. The van der Waals surface area contributed by atoms with Gasteiger partial charge in [-0.1, -0.05) is 11.8 Å². The van der Waals surface area contributed by atoms with E-state index in [1.54, 1.807) is 25.6 Å². The fourth-order valence-electron chi connectivity index (χ4n) is 2.36. The predicted molar refractivity (Wildman–Crippen MR) is 78.8 cm³/mol. The molecular formula is C16H20N2O3. The zero-order valence-corrected chi connectivity index (χ0v) is 12.2. The van der Waals surface area contributed by atoms with Crippen molar-refractivity contribution < 1.29 is 14.6 Å². The minimum atomic E-state index is -0.0137. The number of hydrogen-bond donors (Lipinski definition) is 1. The van der Waals surface area contributed by atoms with Gasteiger partial charge in [0.2, 0.25) is 0 Å². The predicted octanol–water partition coefficient (Wildman–Crippen LogP) is 1.07. The summed E-state index contributed by atoms with van der Waals surface area (Å²) >= 11 is 0. The van der Waals surface area contributed by atoms with Crippen molar-refractivity contribution in [2.45, 2.75) is 25.4 Å². The highest BCUT2D eigenvalue weighted by Crippen LogP contribution is 2.17. The standard InChI is InChI=1S/C16H20N2O3/c1-21-14-6-9-18(10-7-14)16(20)15-5-8-17-12-13(15)4-2-3-11-19/h5,8,12,14,19H,3,6-7,9-11H2,1H3. The number of aliphatic hydroxyl groups is 1. The van der Waals surface area contributed by atoms with Crippen molar-refractivity contribution >= 4 is 5.91 Å². The largest absolute Gasteiger partial charge is 0.395 e. The van der Waals surface area contributed by atoms with Crippen LogP contribution in [0, 0.1) is 11.8 Å². The van der Waals surface area contributed by atoms with Crippen LogP contribution in [0.2, 0.25) is 0 Å². The van der Waals surface area contributed by atoms with Gasteiger partial charge in [-0.2, -0.15) is 0 Å². The number of aromatic nitrogens is 1. The van der Waals surface area contributed by atoms with Crippen LogP contribution in [0.5, 0.6) is 0 Å². The Morgan fingerprint density at radius 3 is 2.95 bits per heavy atom. The first-order valence-electron chi connectivity index (χ1n) is 7.12. The van der Waals surface area contributed by atoms with E-state index in [2.05, 4.69) is 16.8 Å². The number of hydrogen-bond acceptors (Lipinski definition) is 4. The average molecular weight is 288 g/mol. The first kappa shape index (κ1) is 15.5. The third-order valence-corrected chi connectivity index (χ3v) is 3.57. The molecule has 5 heteroatoms. The van der Waals surface area contributed by atoms with E-state index in [1.807, 2.05) is 4.90 Å². The number of carbonyl (C=O) groups is 1. The summed E-state index contributed by atoms with van der Waals surface area (Å²) < 4.78 is 5.32. The molecule has 1 aliphatic heterocycles. The molecule has 0 atom stereocenters. The van der Waals surface area contributed by atoms with Crippen molar-refractivity contribution in [3.05, 3.63) is 29.6 Å². The van der Waals surface area contributed by atoms with Crippen LogP contribution in [-0.4, -0.2) is 53.8 Å². The van der Waals surface area contributed by atoms with E-state index >= 15 is 0 Å². The number of methoxy groups -OCH3 is 1. The molecule has 1 aromatic rings. The van der Waals surface area contributed by atoms with Gasteiger partial charge in [-0.3, -0.25) is 9.78 Å². The highest BCUT2D eigenvalue weighted by Gasteiger charge is 2.24. The Kier molecular flexibility index (Phi) is 5.73. The molecule has 0 saturated carbocycles. The molecule has 2 rings (SSSR count). The number of rotatable bonds is 3. The molecule has 0 radical (unpaired) electrons. The maximum absolute atomic E-state index is 12.6. The molecule has 112 valence electrons. The van der Waals surface area contributed by atoms with Gasteiger partial charge in [-0.15, -0.1) is 0 Å². The van der Waals surface area contributed by atoms with E-state index in [-0.39, 0.29) is 18.6 Å². The van der Waals surface area contributed by atoms with Gasteiger partial charge in [0.05, 0.1) is 23.8 Å². The SMILES string of the molecule is COC1CCN(C(=O)c2ccncc2C#CCCO)CC1. The van der Waals surface area contributed by atoms with Gasteiger partial charge in [0, 0.05) is 39.0 Å². The first-order chi connectivity index (χ1) is 10.3. The lowest BCUT2D eigenvalue weighted by atomic mass is 10.0. The van der Waals surface area contributed by atoms with E-state index in [0.29, 0.717) is 30.6 Å². The Morgan fingerprint density at radius 2 is 2.29 bits per heavy atom. The van der Waals surface area contributed by atoms with Crippen molar-refractivity contribution in [3.8, 4) is 11.8 Å². The van der Waals surface area contributed by atoms with Crippen LogP contribution < -0.4 is 0 Å². The topological polar surface area (TPSA) is 62.7 Å². The molecule has 21 heavy (non-hydrogen) atoms. The molecule has 2 heterocycles. The summed E-state index contributed by atoms with van der Waals surface area (Å²) in [4.78, 5) is 18.4. The highest BCUT2D eigenvalue weighted by molar-refractivity contribution is 5.96. The molecule has 1 fully saturated rings. The Labute approximate surface area is 124 Å². The second-order valence-electron chi connectivity index (χ2n) is 4.92. The summed E-state index contributed by atoms with van der Waals surface area (Å²) in [5.74, 6) is 5.73. The van der Waals surface area contributed by atoms with Crippen LogP contribution in [0.3, 0.4) is 0 Å². The highest BCUT2D eigenvalue weighted by atomic mass is 16.5. The summed E-state index contributed by atoms with van der Waals surface area (Å²) in [6.45, 7) is 1.41. The van der Waals surface area contributed by atoms with E-state index in [4.69, 9.17) is 9.84 Å². The number of carbonyl (C=O) groups excluding carboxylic acids is 1. The second kappa shape index (κ2) is 7.77. The summed E-state index contributed by atoms with van der Waals surface area (Å²) in [5.41, 5.74) is 1.19.